The molecule has 0 unspecified atom stereocenters. The third-order valence-electron chi connectivity index (χ3n) is 3.49. The molecular weight excluding hydrogens is 350 g/mol. The van der Waals surface area contributed by atoms with Crippen molar-refractivity contribution in [3.8, 4) is 0 Å². The number of nitrogens with zero attached hydrogens (tertiary/aromatic N) is 1. The molecule has 146 valence electrons. The van der Waals surface area contributed by atoms with Crippen LogP contribution in [0.25, 0.3) is 0 Å². The van der Waals surface area contributed by atoms with Crippen LogP contribution in [0, 0.1) is 0 Å². The number of nitrogens with one attached hydrogen (secondary N) is 2. The Labute approximate surface area is 148 Å². The molecule has 0 fully saturated rings. The first-order valence-corrected chi connectivity index (χ1v) is 7.74. The Bertz CT molecular complexity index is 633. The fraction of sp³-hybridized carbons (Fsp3) is 0.571. The predicted molar refractivity (Wildman–Crippen MR) is 86.5 cm³/mol. The molecule has 0 aliphatic heterocycles. The average Bonchev–Trinajstić information content (AvgIpc) is 3.04. The molecule has 4 atom stereocenters. The lowest BCUT2D eigenvalue weighted by Gasteiger charge is -2.20. The van der Waals surface area contributed by atoms with Crippen LogP contribution in [0.2, 0.25) is 0 Å². The molecule has 12 nitrogen and oxygen atoms in total. The summed E-state index contributed by atoms with van der Waals surface area (Å²) >= 11 is 0. The first-order valence-electron chi connectivity index (χ1n) is 7.74. The van der Waals surface area contributed by atoms with E-state index in [9.17, 15) is 19.5 Å². The number of nitrogens with two attached hydrogens (primary N) is 2. The van der Waals surface area contributed by atoms with Crippen molar-refractivity contribution in [2.45, 2.75) is 44.0 Å². The van der Waals surface area contributed by atoms with Crippen LogP contribution < -0.4 is 22.1 Å². The number of carbonyl (C=O) groups is 3. The molecule has 0 bridgehead atoms. The van der Waals surface area contributed by atoms with Crippen molar-refractivity contribution < 1.29 is 34.2 Å². The summed E-state index contributed by atoms with van der Waals surface area (Å²) in [4.78, 5) is 34.1. The van der Waals surface area contributed by atoms with Crippen LogP contribution in [0.15, 0.2) is 10.6 Å². The highest BCUT2D eigenvalue weighted by Gasteiger charge is 2.27. The van der Waals surface area contributed by atoms with E-state index in [1.54, 1.807) is 0 Å². The van der Waals surface area contributed by atoms with Crippen LogP contribution >= 0.6 is 0 Å². The van der Waals surface area contributed by atoms with Crippen LogP contribution in [-0.2, 0) is 9.59 Å². The highest BCUT2D eigenvalue weighted by molar-refractivity contribution is 5.83. The number of carboxylic acids is 1. The Morgan fingerprint density at radius 3 is 2.50 bits per heavy atom. The largest absolute Gasteiger partial charge is 0.480 e. The number of aliphatic carboxylic acids is 1. The second-order valence-electron chi connectivity index (χ2n) is 5.68. The maximum Gasteiger partial charge on any atom is 0.328 e. The lowest BCUT2D eigenvalue weighted by molar-refractivity contribution is -0.141. The first-order chi connectivity index (χ1) is 12.1. The monoisotopic (exact) mass is 373 g/mol. The molecule has 1 heterocycles. The molecule has 0 aromatic carbocycles. The molecule has 1 aromatic heterocycles. The van der Waals surface area contributed by atoms with Gasteiger partial charge >= 0.3 is 12.0 Å². The van der Waals surface area contributed by atoms with Gasteiger partial charge in [0.05, 0.1) is 24.8 Å². The number of rotatable bonds is 10. The molecule has 3 amide bonds. The Kier molecular flexibility index (Phi) is 7.96. The first kappa shape index (κ1) is 21.3. The molecule has 9 N–H and O–H groups in total. The minimum atomic E-state index is -1.53. The molecule has 1 rings (SSSR count). The summed E-state index contributed by atoms with van der Waals surface area (Å²) in [5.41, 5.74) is 10.9. The van der Waals surface area contributed by atoms with Crippen LogP contribution in [0.5, 0.6) is 0 Å². The lowest BCUT2D eigenvalue weighted by atomic mass is 10.1. The number of urea groups is 1. The van der Waals surface area contributed by atoms with E-state index in [4.69, 9.17) is 26.2 Å². The van der Waals surface area contributed by atoms with Crippen LogP contribution in [-0.4, -0.2) is 57.1 Å². The Morgan fingerprint density at radius 1 is 1.35 bits per heavy atom. The van der Waals surface area contributed by atoms with Gasteiger partial charge in [0, 0.05) is 12.5 Å². The maximum atomic E-state index is 12.1. The summed E-state index contributed by atoms with van der Waals surface area (Å²) in [5, 5.41) is 35.7. The second kappa shape index (κ2) is 9.70. The van der Waals surface area contributed by atoms with E-state index >= 15 is 0 Å². The van der Waals surface area contributed by atoms with Crippen LogP contribution in [0.3, 0.4) is 0 Å². The number of primary amides is 1. The van der Waals surface area contributed by atoms with Gasteiger partial charge in [-0.2, -0.15) is 0 Å². The number of carbonyl (C=O) groups excluding carboxylic acids is 2. The molecule has 0 spiro atoms. The molecule has 0 aliphatic carbocycles. The number of amides is 3. The molecule has 0 aliphatic rings. The summed E-state index contributed by atoms with van der Waals surface area (Å²) < 4.78 is 4.99. The SMILES string of the molecule is C[C@H](O)[C@H](NC(=O)N[C@H](CCC(N)=O)c1cc([C@@H](N)CO)on1)C(=O)O. The van der Waals surface area contributed by atoms with Crippen molar-refractivity contribution in [1.82, 2.24) is 15.8 Å². The van der Waals surface area contributed by atoms with Crippen molar-refractivity contribution in [2.24, 2.45) is 11.5 Å². The molecule has 0 saturated heterocycles. The van der Waals surface area contributed by atoms with E-state index in [2.05, 4.69) is 15.8 Å². The van der Waals surface area contributed by atoms with Gasteiger partial charge in [0.2, 0.25) is 5.91 Å². The van der Waals surface area contributed by atoms with Gasteiger partial charge in [0.25, 0.3) is 0 Å². The normalized spacial score (nSPS) is 15.5. The fourth-order valence-corrected chi connectivity index (χ4v) is 2.04. The second-order valence-corrected chi connectivity index (χ2v) is 5.68. The van der Waals surface area contributed by atoms with Gasteiger partial charge < -0.3 is 41.9 Å². The molecule has 1 aromatic rings. The van der Waals surface area contributed by atoms with Crippen molar-refractivity contribution in [3.05, 3.63) is 17.5 Å². The van der Waals surface area contributed by atoms with Gasteiger partial charge in [-0.05, 0) is 13.3 Å². The quantitative estimate of drug-likeness (QED) is 0.243. The van der Waals surface area contributed by atoms with Crippen molar-refractivity contribution >= 4 is 17.9 Å². The van der Waals surface area contributed by atoms with E-state index in [0.29, 0.717) is 0 Å². The maximum absolute atomic E-state index is 12.1. The van der Waals surface area contributed by atoms with Gasteiger partial charge in [-0.15, -0.1) is 0 Å². The van der Waals surface area contributed by atoms with E-state index in [1.807, 2.05) is 0 Å². The lowest BCUT2D eigenvalue weighted by Crippen LogP contribution is -2.51. The number of aromatic nitrogens is 1. The summed E-state index contributed by atoms with van der Waals surface area (Å²) in [6.07, 6.45) is -1.35. The van der Waals surface area contributed by atoms with Gasteiger partial charge in [0.1, 0.15) is 5.69 Å². The number of aliphatic hydroxyl groups excluding tert-OH is 2. The zero-order valence-electron chi connectivity index (χ0n) is 14.1. The summed E-state index contributed by atoms with van der Waals surface area (Å²) in [6, 6.07) is -2.68. The van der Waals surface area contributed by atoms with Gasteiger partial charge in [-0.3, -0.25) is 4.79 Å². The van der Waals surface area contributed by atoms with Gasteiger partial charge in [0.15, 0.2) is 11.8 Å². The predicted octanol–water partition coefficient (Wildman–Crippen LogP) is -1.89. The van der Waals surface area contributed by atoms with Gasteiger partial charge in [-0.25, -0.2) is 9.59 Å². The Morgan fingerprint density at radius 2 is 2.00 bits per heavy atom. The number of hydrogen-bond acceptors (Lipinski definition) is 8. The van der Waals surface area contributed by atoms with Gasteiger partial charge in [-0.1, -0.05) is 5.16 Å². The zero-order chi connectivity index (χ0) is 19.9. The van der Waals surface area contributed by atoms with Crippen molar-refractivity contribution in [2.75, 3.05) is 6.61 Å². The summed E-state index contributed by atoms with van der Waals surface area (Å²) in [7, 11) is 0. The van der Waals surface area contributed by atoms with Crippen LogP contribution in [0.1, 0.15) is 43.3 Å². The standard InChI is InChI=1S/C14H23N5O7/c1-6(21)12(13(23)24)18-14(25)17-8(2-3-11(16)22)9-4-10(26-19-9)7(15)5-20/h4,6-8,12,20-21H,2-3,5,15H2,1H3,(H2,16,22)(H,23,24)(H2,17,18,25)/t6-,7-,8+,12-/m0/s1. The number of aliphatic hydroxyl groups is 2. The summed E-state index contributed by atoms with van der Waals surface area (Å²) in [5.74, 6) is -1.86. The van der Waals surface area contributed by atoms with Crippen molar-refractivity contribution in [3.63, 3.8) is 0 Å². The third kappa shape index (κ3) is 6.31. The molecule has 0 saturated carbocycles. The molecule has 0 radical (unpaired) electrons. The van der Waals surface area contributed by atoms with E-state index in [0.717, 1.165) is 0 Å². The molecular formula is C14H23N5O7. The molecule has 26 heavy (non-hydrogen) atoms. The molecule has 12 heteroatoms. The summed E-state index contributed by atoms with van der Waals surface area (Å²) in [6.45, 7) is 0.826. The Hall–Kier alpha value is -2.70. The van der Waals surface area contributed by atoms with Crippen LogP contribution in [0.4, 0.5) is 4.79 Å². The topological polar surface area (TPSA) is 214 Å². The minimum Gasteiger partial charge on any atom is -0.480 e. The Balaban J connectivity index is 2.89. The average molecular weight is 373 g/mol. The fourth-order valence-electron chi connectivity index (χ4n) is 2.04. The van der Waals surface area contributed by atoms with E-state index in [1.165, 1.54) is 13.0 Å². The van der Waals surface area contributed by atoms with E-state index in [-0.39, 0.29) is 30.9 Å². The van der Waals surface area contributed by atoms with E-state index < -0.39 is 42.1 Å². The zero-order valence-corrected chi connectivity index (χ0v) is 14.1. The highest BCUT2D eigenvalue weighted by Crippen LogP contribution is 2.21. The highest BCUT2D eigenvalue weighted by atomic mass is 16.5. The van der Waals surface area contributed by atoms with Crippen molar-refractivity contribution in [1.29, 1.82) is 0 Å². The smallest absolute Gasteiger partial charge is 0.328 e. The minimum absolute atomic E-state index is 0.0650. The third-order valence-corrected chi connectivity index (χ3v) is 3.49. The number of carboxylic acid groups (broad SMARTS) is 1. The number of hydrogen-bond donors (Lipinski definition) is 7.